The second-order valence-corrected chi connectivity index (χ2v) is 6.41. The molecule has 0 aliphatic carbocycles. The number of anilines is 1. The molecule has 0 aliphatic rings. The van der Waals surface area contributed by atoms with Crippen molar-refractivity contribution < 1.29 is 4.79 Å². The lowest BCUT2D eigenvalue weighted by atomic mass is 10.2. The summed E-state index contributed by atoms with van der Waals surface area (Å²) in [7, 11) is 0. The van der Waals surface area contributed by atoms with Crippen molar-refractivity contribution in [3.63, 3.8) is 0 Å². The minimum Gasteiger partial charge on any atom is -0.330 e. The third-order valence-electron chi connectivity index (χ3n) is 3.34. The molecule has 0 atom stereocenters. The van der Waals surface area contributed by atoms with Gasteiger partial charge in [-0.2, -0.15) is 5.10 Å². The van der Waals surface area contributed by atoms with Crippen molar-refractivity contribution in [2.24, 2.45) is 5.73 Å². The summed E-state index contributed by atoms with van der Waals surface area (Å²) in [6.07, 6.45) is 0.755. The number of aryl methyl sites for hydroxylation is 1. The minimum absolute atomic E-state index is 0.115. The van der Waals surface area contributed by atoms with E-state index in [0.29, 0.717) is 23.9 Å². The summed E-state index contributed by atoms with van der Waals surface area (Å²) in [5, 5.41) is 11.0. The van der Waals surface area contributed by atoms with Gasteiger partial charge in [0.1, 0.15) is 0 Å². The average Bonchev–Trinajstić information content (AvgIpc) is 3.14. The number of H-pyrrole nitrogens is 1. The molecule has 4 N–H and O–H groups in total. The highest BCUT2D eigenvalue weighted by atomic mass is 32.1. The number of thiazole rings is 1. The lowest BCUT2D eigenvalue weighted by Crippen LogP contribution is -2.05. The Labute approximate surface area is 143 Å². The lowest BCUT2D eigenvalue weighted by Gasteiger charge is -2.02. The van der Waals surface area contributed by atoms with E-state index in [0.717, 1.165) is 27.6 Å². The van der Waals surface area contributed by atoms with Gasteiger partial charge in [0, 0.05) is 24.6 Å². The van der Waals surface area contributed by atoms with E-state index in [2.05, 4.69) is 25.5 Å². The number of carbonyl (C=O) groups is 1. The van der Waals surface area contributed by atoms with Crippen molar-refractivity contribution in [2.45, 2.75) is 20.3 Å². The van der Waals surface area contributed by atoms with Crippen LogP contribution in [-0.2, 0) is 11.2 Å². The maximum Gasteiger partial charge on any atom is 0.221 e. The van der Waals surface area contributed by atoms with Crippen LogP contribution in [0.25, 0.3) is 22.1 Å². The highest BCUT2D eigenvalue weighted by Crippen LogP contribution is 2.29. The van der Waals surface area contributed by atoms with E-state index in [9.17, 15) is 4.79 Å². The molecule has 0 spiro atoms. The number of hydrogen-bond donors (Lipinski definition) is 3. The van der Waals surface area contributed by atoms with Gasteiger partial charge in [-0.3, -0.25) is 9.89 Å². The second kappa shape index (κ2) is 6.90. The summed E-state index contributed by atoms with van der Waals surface area (Å²) in [6.45, 7) is 4.00. The van der Waals surface area contributed by atoms with Crippen molar-refractivity contribution >= 4 is 22.9 Å². The van der Waals surface area contributed by atoms with Crippen LogP contribution in [0.4, 0.5) is 5.69 Å². The third kappa shape index (κ3) is 3.50. The van der Waals surface area contributed by atoms with Crippen molar-refractivity contribution in [3.8, 4) is 22.1 Å². The van der Waals surface area contributed by atoms with Crippen LogP contribution in [-0.4, -0.2) is 32.6 Å². The number of nitrogens with one attached hydrogen (secondary N) is 2. The predicted molar refractivity (Wildman–Crippen MR) is 94.7 cm³/mol. The van der Waals surface area contributed by atoms with Gasteiger partial charge in [0.05, 0.1) is 15.6 Å². The average molecular weight is 342 g/mol. The van der Waals surface area contributed by atoms with Gasteiger partial charge in [-0.1, -0.05) is 12.1 Å². The van der Waals surface area contributed by atoms with Crippen LogP contribution in [0.5, 0.6) is 0 Å². The largest absolute Gasteiger partial charge is 0.330 e. The molecular weight excluding hydrogens is 324 g/mol. The van der Waals surface area contributed by atoms with Crippen molar-refractivity contribution in [2.75, 3.05) is 11.9 Å². The van der Waals surface area contributed by atoms with Crippen molar-refractivity contribution in [3.05, 3.63) is 35.0 Å². The van der Waals surface area contributed by atoms with Gasteiger partial charge in [0.15, 0.2) is 11.6 Å². The van der Waals surface area contributed by atoms with Gasteiger partial charge in [-0.15, -0.1) is 11.3 Å². The Morgan fingerprint density at radius 3 is 2.96 bits per heavy atom. The van der Waals surface area contributed by atoms with Gasteiger partial charge < -0.3 is 11.1 Å². The van der Waals surface area contributed by atoms with Crippen LogP contribution in [0.15, 0.2) is 24.3 Å². The second-order valence-electron chi connectivity index (χ2n) is 5.33. The van der Waals surface area contributed by atoms with Crippen molar-refractivity contribution in [1.29, 1.82) is 0 Å². The van der Waals surface area contributed by atoms with E-state index >= 15 is 0 Å². The molecule has 0 saturated heterocycles. The normalized spacial score (nSPS) is 10.8. The number of aromatic nitrogens is 4. The van der Waals surface area contributed by atoms with E-state index < -0.39 is 0 Å². The Bertz CT molecular complexity index is 869. The molecule has 0 unspecified atom stereocenters. The molecule has 8 heteroatoms. The fourth-order valence-electron chi connectivity index (χ4n) is 2.33. The zero-order valence-electron chi connectivity index (χ0n) is 13.5. The molecule has 0 fully saturated rings. The number of rotatable bonds is 5. The molecule has 7 nitrogen and oxygen atoms in total. The number of carbonyl (C=O) groups excluding carboxylic acids is 1. The Morgan fingerprint density at radius 1 is 1.38 bits per heavy atom. The monoisotopic (exact) mass is 342 g/mol. The molecule has 3 aromatic rings. The first kappa shape index (κ1) is 16.3. The molecule has 124 valence electrons. The minimum atomic E-state index is -0.115. The molecule has 2 aromatic heterocycles. The Balaban J connectivity index is 1.89. The van der Waals surface area contributed by atoms with Gasteiger partial charge in [0.2, 0.25) is 5.91 Å². The summed E-state index contributed by atoms with van der Waals surface area (Å²) >= 11 is 1.58. The molecule has 1 aromatic carbocycles. The van der Waals surface area contributed by atoms with Crippen LogP contribution < -0.4 is 11.1 Å². The molecule has 0 bridgehead atoms. The van der Waals surface area contributed by atoms with Gasteiger partial charge in [-0.25, -0.2) is 9.97 Å². The molecule has 24 heavy (non-hydrogen) atoms. The van der Waals surface area contributed by atoms with Gasteiger partial charge in [-0.05, 0) is 25.6 Å². The maximum absolute atomic E-state index is 11.2. The molecule has 2 heterocycles. The highest BCUT2D eigenvalue weighted by molar-refractivity contribution is 7.15. The summed E-state index contributed by atoms with van der Waals surface area (Å²) < 4.78 is 0. The van der Waals surface area contributed by atoms with E-state index in [-0.39, 0.29) is 5.91 Å². The molecular formula is C16H18N6OS. The maximum atomic E-state index is 11.2. The van der Waals surface area contributed by atoms with Crippen molar-refractivity contribution in [1.82, 2.24) is 20.2 Å². The fraction of sp³-hybridized carbons (Fsp3) is 0.250. The molecule has 0 saturated carbocycles. The van der Waals surface area contributed by atoms with E-state index in [4.69, 9.17) is 5.73 Å². The zero-order chi connectivity index (χ0) is 17.1. The van der Waals surface area contributed by atoms with Crippen LogP contribution in [0.2, 0.25) is 0 Å². The summed E-state index contributed by atoms with van der Waals surface area (Å²) in [4.78, 5) is 21.2. The molecule has 1 amide bonds. The lowest BCUT2D eigenvalue weighted by molar-refractivity contribution is -0.114. The van der Waals surface area contributed by atoms with Crippen LogP contribution >= 0.6 is 11.3 Å². The number of amides is 1. The SMILES string of the molecule is CC(=O)Nc1cccc(-c2n[nH]c(-c3sc(CCN)nc3C)n2)c1. The topological polar surface area (TPSA) is 110 Å². The highest BCUT2D eigenvalue weighted by Gasteiger charge is 2.14. The smallest absolute Gasteiger partial charge is 0.221 e. The predicted octanol–water partition coefficient (Wildman–Crippen LogP) is 2.36. The first-order chi connectivity index (χ1) is 11.6. The molecule has 0 aliphatic heterocycles. The standard InChI is InChI=1S/C16H18N6OS/c1-9-14(24-13(18-9)6-7-17)16-20-15(21-22-16)11-4-3-5-12(8-11)19-10(2)23/h3-5,8H,6-7,17H2,1-2H3,(H,19,23)(H,20,21,22). The number of aromatic amines is 1. The zero-order valence-corrected chi connectivity index (χ0v) is 14.3. The Kier molecular flexibility index (Phi) is 4.68. The summed E-state index contributed by atoms with van der Waals surface area (Å²) in [5.41, 5.74) is 8.04. The van der Waals surface area contributed by atoms with Crippen LogP contribution in [0.1, 0.15) is 17.6 Å². The van der Waals surface area contributed by atoms with Crippen LogP contribution in [0.3, 0.4) is 0 Å². The van der Waals surface area contributed by atoms with Crippen LogP contribution in [0, 0.1) is 6.92 Å². The van der Waals surface area contributed by atoms with Gasteiger partial charge >= 0.3 is 0 Å². The Morgan fingerprint density at radius 2 is 2.21 bits per heavy atom. The molecule has 3 rings (SSSR count). The number of benzene rings is 1. The number of nitrogens with two attached hydrogens (primary N) is 1. The van der Waals surface area contributed by atoms with Gasteiger partial charge in [0.25, 0.3) is 0 Å². The summed E-state index contributed by atoms with van der Waals surface area (Å²) in [5.74, 6) is 1.15. The third-order valence-corrected chi connectivity index (χ3v) is 4.56. The molecule has 0 radical (unpaired) electrons. The first-order valence-corrected chi connectivity index (χ1v) is 8.35. The quantitative estimate of drug-likeness (QED) is 0.659. The number of nitrogens with zero attached hydrogens (tertiary/aromatic N) is 3. The Hall–Kier alpha value is -2.58. The fourth-order valence-corrected chi connectivity index (χ4v) is 3.35. The van der Waals surface area contributed by atoms with E-state index in [1.165, 1.54) is 6.92 Å². The van der Waals surface area contributed by atoms with E-state index in [1.54, 1.807) is 11.3 Å². The first-order valence-electron chi connectivity index (χ1n) is 7.54. The summed E-state index contributed by atoms with van der Waals surface area (Å²) in [6, 6.07) is 7.42. The number of hydrogen-bond acceptors (Lipinski definition) is 6. The van der Waals surface area contributed by atoms with E-state index in [1.807, 2.05) is 31.2 Å².